The van der Waals surface area contributed by atoms with Gasteiger partial charge < -0.3 is 5.11 Å². The molecule has 68 valence electrons. The van der Waals surface area contributed by atoms with Crippen molar-refractivity contribution in [2.24, 2.45) is 5.10 Å². The highest BCUT2D eigenvalue weighted by Gasteiger charge is 1.88. The predicted octanol–water partition coefficient (Wildman–Crippen LogP) is 1.53. The fourth-order valence-corrected chi connectivity index (χ4v) is 0.833. The molecule has 0 fully saturated rings. The first-order valence-corrected chi connectivity index (χ1v) is 4.35. The Morgan fingerprint density at radius 1 is 1.46 bits per heavy atom. The largest absolute Gasteiger partial charge is 0.508 e. The third kappa shape index (κ3) is 3.91. The molecule has 0 amide bonds. The van der Waals surface area contributed by atoms with Gasteiger partial charge in [-0.1, -0.05) is 12.2 Å². The van der Waals surface area contributed by atoms with Gasteiger partial charge in [0.25, 0.3) is 0 Å². The molecule has 0 atom stereocenters. The van der Waals surface area contributed by atoms with Crippen LogP contribution in [0.5, 0.6) is 5.75 Å². The van der Waals surface area contributed by atoms with E-state index in [9.17, 15) is 0 Å². The number of phenols is 1. The first-order chi connectivity index (χ1) is 6.18. The van der Waals surface area contributed by atoms with E-state index in [1.165, 1.54) is 0 Å². The second kappa shape index (κ2) is 4.84. The summed E-state index contributed by atoms with van der Waals surface area (Å²) >= 11 is 8.46. The summed E-state index contributed by atoms with van der Waals surface area (Å²) in [4.78, 5) is 0. The first kappa shape index (κ1) is 10.0. The van der Waals surface area contributed by atoms with E-state index in [0.29, 0.717) is 4.32 Å². The van der Waals surface area contributed by atoms with Crippen LogP contribution >= 0.6 is 24.8 Å². The van der Waals surface area contributed by atoms with Crippen molar-refractivity contribution in [1.82, 2.24) is 5.43 Å². The number of nitrogens with zero attached hydrogens (tertiary/aromatic N) is 1. The van der Waals surface area contributed by atoms with Crippen LogP contribution in [0.3, 0.4) is 0 Å². The second-order valence-corrected chi connectivity index (χ2v) is 3.42. The van der Waals surface area contributed by atoms with Crippen LogP contribution in [0.1, 0.15) is 5.56 Å². The molecule has 3 nitrogen and oxygen atoms in total. The number of rotatable bonds is 2. The molecule has 5 heteroatoms. The number of hydrogen-bond donors (Lipinski definition) is 3. The van der Waals surface area contributed by atoms with E-state index in [1.807, 2.05) is 0 Å². The van der Waals surface area contributed by atoms with Gasteiger partial charge in [0.05, 0.1) is 6.21 Å². The van der Waals surface area contributed by atoms with Crippen molar-refractivity contribution in [2.75, 3.05) is 0 Å². The third-order valence-electron chi connectivity index (χ3n) is 1.27. The normalized spacial score (nSPS) is 10.2. The van der Waals surface area contributed by atoms with E-state index in [1.54, 1.807) is 30.5 Å². The lowest BCUT2D eigenvalue weighted by atomic mass is 10.2. The highest BCUT2D eigenvalue weighted by molar-refractivity contribution is 8.11. The molecule has 0 radical (unpaired) electrons. The molecule has 0 aliphatic heterocycles. The number of hydrogen-bond acceptors (Lipinski definition) is 3. The Bertz CT molecular complexity index is 321. The quantitative estimate of drug-likeness (QED) is 0.301. The molecule has 0 heterocycles. The second-order valence-electron chi connectivity index (χ2n) is 2.27. The van der Waals surface area contributed by atoms with Gasteiger partial charge in [-0.05, 0) is 29.8 Å². The summed E-state index contributed by atoms with van der Waals surface area (Å²) in [5.41, 5.74) is 3.38. The van der Waals surface area contributed by atoms with Crippen LogP contribution < -0.4 is 5.43 Å². The predicted molar refractivity (Wildman–Crippen MR) is 60.4 cm³/mol. The summed E-state index contributed by atoms with van der Waals surface area (Å²) in [5, 5.41) is 12.8. The zero-order valence-corrected chi connectivity index (χ0v) is 8.35. The molecule has 13 heavy (non-hydrogen) atoms. The van der Waals surface area contributed by atoms with E-state index < -0.39 is 0 Å². The SMILES string of the molecule is Oc1ccc(/C=N\NC(=S)S)cc1. The van der Waals surface area contributed by atoms with Gasteiger partial charge in [-0.3, -0.25) is 5.43 Å². The van der Waals surface area contributed by atoms with Crippen molar-refractivity contribution in [3.05, 3.63) is 29.8 Å². The fourth-order valence-electron chi connectivity index (χ4n) is 0.722. The standard InChI is InChI=1S/C8H8N2OS2/c11-7-3-1-6(2-4-7)5-9-10-8(12)13/h1-5,11H,(H2,10,12,13)/b9-5-. The van der Waals surface area contributed by atoms with Crippen LogP contribution in [0.15, 0.2) is 29.4 Å². The molecule has 0 saturated carbocycles. The van der Waals surface area contributed by atoms with E-state index >= 15 is 0 Å². The van der Waals surface area contributed by atoms with Gasteiger partial charge in [0.15, 0.2) is 4.32 Å². The van der Waals surface area contributed by atoms with E-state index in [4.69, 9.17) is 5.11 Å². The first-order valence-electron chi connectivity index (χ1n) is 3.49. The summed E-state index contributed by atoms with van der Waals surface area (Å²) in [6.45, 7) is 0. The minimum atomic E-state index is 0.231. The van der Waals surface area contributed by atoms with Gasteiger partial charge in [0.1, 0.15) is 5.75 Å². The van der Waals surface area contributed by atoms with E-state index in [0.717, 1.165) is 5.56 Å². The number of nitrogens with one attached hydrogen (secondary N) is 1. The summed E-state index contributed by atoms with van der Waals surface area (Å²) in [6, 6.07) is 6.64. The molecule has 0 unspecified atom stereocenters. The van der Waals surface area contributed by atoms with Gasteiger partial charge in [-0.15, -0.1) is 12.6 Å². The Balaban J connectivity index is 2.59. The minimum Gasteiger partial charge on any atom is -0.508 e. The van der Waals surface area contributed by atoms with Crippen LogP contribution in [0.4, 0.5) is 0 Å². The third-order valence-corrected chi connectivity index (χ3v) is 1.46. The molecule has 1 aromatic carbocycles. The Morgan fingerprint density at radius 3 is 2.62 bits per heavy atom. The number of benzene rings is 1. The molecule has 0 bridgehead atoms. The Hall–Kier alpha value is -1.07. The molecule has 0 aromatic heterocycles. The van der Waals surface area contributed by atoms with E-state index in [2.05, 4.69) is 35.4 Å². The van der Waals surface area contributed by atoms with Gasteiger partial charge in [0.2, 0.25) is 0 Å². The number of phenolic OH excluding ortho intramolecular Hbond substituents is 1. The van der Waals surface area contributed by atoms with Gasteiger partial charge in [-0.2, -0.15) is 5.10 Å². The van der Waals surface area contributed by atoms with Crippen LogP contribution in [0, 0.1) is 0 Å². The maximum absolute atomic E-state index is 8.98. The highest BCUT2D eigenvalue weighted by Crippen LogP contribution is 2.07. The Kier molecular flexibility index (Phi) is 3.72. The van der Waals surface area contributed by atoms with Crippen LogP contribution in [0.2, 0.25) is 0 Å². The summed E-state index contributed by atoms with van der Waals surface area (Å²) in [5.74, 6) is 0.231. The van der Waals surface area contributed by atoms with Crippen molar-refractivity contribution in [2.45, 2.75) is 0 Å². The summed E-state index contributed by atoms with van der Waals surface area (Å²) in [7, 11) is 0. The van der Waals surface area contributed by atoms with Gasteiger partial charge in [0, 0.05) is 0 Å². The van der Waals surface area contributed by atoms with Crippen LogP contribution in [-0.2, 0) is 0 Å². The molecule has 0 aliphatic rings. The van der Waals surface area contributed by atoms with Crippen molar-refractivity contribution in [3.63, 3.8) is 0 Å². The smallest absolute Gasteiger partial charge is 0.150 e. The topological polar surface area (TPSA) is 44.6 Å². The monoisotopic (exact) mass is 212 g/mol. The zero-order valence-electron chi connectivity index (χ0n) is 6.64. The maximum Gasteiger partial charge on any atom is 0.150 e. The Labute approximate surface area is 86.9 Å². The van der Waals surface area contributed by atoms with Gasteiger partial charge in [-0.25, -0.2) is 0 Å². The summed E-state index contributed by atoms with van der Waals surface area (Å²) in [6.07, 6.45) is 1.59. The average molecular weight is 212 g/mol. The highest BCUT2D eigenvalue weighted by atomic mass is 32.1. The number of thiol groups is 1. The number of thiocarbonyl (C=S) groups is 1. The lowest BCUT2D eigenvalue weighted by molar-refractivity contribution is 0.475. The average Bonchev–Trinajstić information content (AvgIpc) is 2.08. The van der Waals surface area contributed by atoms with Crippen molar-refractivity contribution >= 4 is 35.4 Å². The molecule has 0 spiro atoms. The molecule has 1 rings (SSSR count). The van der Waals surface area contributed by atoms with Crippen molar-refractivity contribution < 1.29 is 5.11 Å². The van der Waals surface area contributed by atoms with Crippen molar-refractivity contribution in [3.8, 4) is 5.75 Å². The number of hydrazone groups is 1. The molecule has 0 aliphatic carbocycles. The zero-order chi connectivity index (χ0) is 9.68. The molecule has 0 saturated heterocycles. The van der Waals surface area contributed by atoms with Crippen LogP contribution in [0.25, 0.3) is 0 Å². The maximum atomic E-state index is 8.98. The number of aromatic hydroxyl groups is 1. The molecular formula is C8H8N2OS2. The Morgan fingerprint density at radius 2 is 2.08 bits per heavy atom. The molecular weight excluding hydrogens is 204 g/mol. The summed E-state index contributed by atoms with van der Waals surface area (Å²) < 4.78 is 0.315. The molecule has 1 aromatic rings. The van der Waals surface area contributed by atoms with Crippen LogP contribution in [-0.4, -0.2) is 15.6 Å². The fraction of sp³-hybridized carbons (Fsp3) is 0. The van der Waals surface area contributed by atoms with E-state index in [-0.39, 0.29) is 5.75 Å². The van der Waals surface area contributed by atoms with Gasteiger partial charge >= 0.3 is 0 Å². The minimum absolute atomic E-state index is 0.231. The molecule has 2 N–H and O–H groups in total. The lowest BCUT2D eigenvalue weighted by Gasteiger charge is -1.94. The van der Waals surface area contributed by atoms with Crippen molar-refractivity contribution in [1.29, 1.82) is 0 Å². The lowest BCUT2D eigenvalue weighted by Crippen LogP contribution is -2.07.